The molecule has 1 saturated heterocycles. The van der Waals surface area contributed by atoms with Gasteiger partial charge in [-0.25, -0.2) is 0 Å². The molecule has 1 fully saturated rings. The van der Waals surface area contributed by atoms with Crippen molar-refractivity contribution in [3.8, 4) is 0 Å². The second kappa shape index (κ2) is 7.10. The van der Waals surface area contributed by atoms with Crippen LogP contribution in [-0.4, -0.2) is 34.6 Å². The summed E-state index contributed by atoms with van der Waals surface area (Å²) in [4.78, 5) is 12.5. The number of ether oxygens (including phenoxy) is 2. The Balaban J connectivity index is 1.83. The van der Waals surface area contributed by atoms with E-state index in [1.165, 1.54) is 11.6 Å². The van der Waals surface area contributed by atoms with E-state index in [9.17, 15) is 4.79 Å². The fourth-order valence-electron chi connectivity index (χ4n) is 2.74. The van der Waals surface area contributed by atoms with Crippen LogP contribution in [0.3, 0.4) is 0 Å². The second-order valence-electron chi connectivity index (χ2n) is 5.18. The van der Waals surface area contributed by atoms with E-state index in [0.717, 1.165) is 5.56 Å². The summed E-state index contributed by atoms with van der Waals surface area (Å²) in [6.45, 7) is 0.605. The van der Waals surface area contributed by atoms with Crippen molar-refractivity contribution in [1.82, 2.24) is 0 Å². The molecule has 0 bridgehead atoms. The number of esters is 1. The molecule has 0 unspecified atom stereocenters. The molecule has 1 aliphatic heterocycles. The van der Waals surface area contributed by atoms with Crippen LogP contribution in [0.5, 0.6) is 0 Å². The Morgan fingerprint density at radius 2 is 1.73 bits per heavy atom. The molecule has 3 atom stereocenters. The maximum atomic E-state index is 12.3. The van der Waals surface area contributed by atoms with E-state index in [0.29, 0.717) is 6.61 Å². The predicted molar refractivity (Wildman–Crippen MR) is 86.2 cm³/mol. The van der Waals surface area contributed by atoms with Crippen molar-refractivity contribution < 1.29 is 14.3 Å². The van der Waals surface area contributed by atoms with Gasteiger partial charge in [0.2, 0.25) is 0 Å². The standard InChI is InChI=1S/C18H18O3Se/c1-20-18(19)16-15(22-14-10-6-3-7-11-14)12-21-17(16)13-8-4-2-5-9-13/h2-11,15-17H,12H2,1H3/t15-,16+,17+/m1/s1. The molecule has 22 heavy (non-hydrogen) atoms. The number of carbonyl (C=O) groups is 1. The molecule has 0 saturated carbocycles. The maximum absolute atomic E-state index is 12.3. The van der Waals surface area contributed by atoms with E-state index in [4.69, 9.17) is 9.47 Å². The Morgan fingerprint density at radius 1 is 1.09 bits per heavy atom. The monoisotopic (exact) mass is 362 g/mol. The third kappa shape index (κ3) is 3.25. The van der Waals surface area contributed by atoms with Crippen molar-refractivity contribution in [2.24, 2.45) is 5.92 Å². The molecule has 3 rings (SSSR count). The third-order valence-electron chi connectivity index (χ3n) is 3.80. The van der Waals surface area contributed by atoms with Crippen molar-refractivity contribution in [2.75, 3.05) is 13.7 Å². The number of hydrogen-bond donors (Lipinski definition) is 0. The summed E-state index contributed by atoms with van der Waals surface area (Å²) < 4.78 is 12.3. The molecule has 0 aliphatic carbocycles. The molecular formula is C18H18O3Se. The molecule has 2 aromatic rings. The van der Waals surface area contributed by atoms with Crippen molar-refractivity contribution in [3.05, 3.63) is 66.2 Å². The summed E-state index contributed by atoms with van der Waals surface area (Å²) in [5.74, 6) is -0.401. The van der Waals surface area contributed by atoms with Gasteiger partial charge in [0.1, 0.15) is 0 Å². The van der Waals surface area contributed by atoms with Gasteiger partial charge in [0.25, 0.3) is 0 Å². The Labute approximate surface area is 136 Å². The van der Waals surface area contributed by atoms with Gasteiger partial charge in [0.15, 0.2) is 0 Å². The Bertz CT molecular complexity index is 615. The molecule has 1 aliphatic rings. The first-order valence-corrected chi connectivity index (χ1v) is 9.10. The number of methoxy groups -OCH3 is 1. The summed E-state index contributed by atoms with van der Waals surface area (Å²) in [6.07, 6.45) is -0.204. The minimum atomic E-state index is -0.229. The number of hydrogen-bond acceptors (Lipinski definition) is 3. The van der Waals surface area contributed by atoms with E-state index >= 15 is 0 Å². The zero-order chi connectivity index (χ0) is 15.4. The molecule has 114 valence electrons. The van der Waals surface area contributed by atoms with Crippen LogP contribution in [0.2, 0.25) is 4.82 Å². The van der Waals surface area contributed by atoms with Gasteiger partial charge < -0.3 is 0 Å². The van der Waals surface area contributed by atoms with E-state index in [1.54, 1.807) is 0 Å². The van der Waals surface area contributed by atoms with Gasteiger partial charge in [-0.3, -0.25) is 0 Å². The van der Waals surface area contributed by atoms with Gasteiger partial charge in [-0.15, -0.1) is 0 Å². The van der Waals surface area contributed by atoms with Crippen LogP contribution in [0.15, 0.2) is 60.7 Å². The molecule has 2 aromatic carbocycles. The van der Waals surface area contributed by atoms with Gasteiger partial charge in [0.05, 0.1) is 0 Å². The quantitative estimate of drug-likeness (QED) is 0.620. The summed E-state index contributed by atoms with van der Waals surface area (Å²) in [5, 5.41) is 0. The average molecular weight is 361 g/mol. The van der Waals surface area contributed by atoms with Gasteiger partial charge in [-0.1, -0.05) is 0 Å². The van der Waals surface area contributed by atoms with Crippen LogP contribution in [0, 0.1) is 5.92 Å². The van der Waals surface area contributed by atoms with Gasteiger partial charge in [-0.05, 0) is 0 Å². The average Bonchev–Trinajstić information content (AvgIpc) is 2.99. The Hall–Kier alpha value is -1.61. The van der Waals surface area contributed by atoms with Crippen LogP contribution in [0.1, 0.15) is 11.7 Å². The number of benzene rings is 2. The van der Waals surface area contributed by atoms with Crippen LogP contribution in [-0.2, 0) is 14.3 Å². The van der Waals surface area contributed by atoms with Crippen LogP contribution < -0.4 is 4.46 Å². The topological polar surface area (TPSA) is 35.5 Å². The molecule has 0 radical (unpaired) electrons. The van der Waals surface area contributed by atoms with Gasteiger partial charge in [0, 0.05) is 0 Å². The van der Waals surface area contributed by atoms with Crippen molar-refractivity contribution in [2.45, 2.75) is 10.9 Å². The minimum absolute atomic E-state index is 0.172. The summed E-state index contributed by atoms with van der Waals surface area (Å²) in [6, 6.07) is 20.3. The molecule has 0 aromatic heterocycles. The molecule has 0 spiro atoms. The Morgan fingerprint density at radius 3 is 2.36 bits per heavy atom. The summed E-state index contributed by atoms with van der Waals surface area (Å²) >= 11 is 0.184. The molecule has 0 N–H and O–H groups in total. The van der Waals surface area contributed by atoms with E-state index in [2.05, 4.69) is 12.1 Å². The van der Waals surface area contributed by atoms with Gasteiger partial charge >= 0.3 is 136 Å². The first kappa shape index (κ1) is 15.3. The number of rotatable bonds is 4. The third-order valence-corrected chi connectivity index (χ3v) is 6.48. The van der Waals surface area contributed by atoms with E-state index < -0.39 is 0 Å². The summed E-state index contributed by atoms with van der Waals surface area (Å²) in [7, 11) is 1.45. The van der Waals surface area contributed by atoms with E-state index in [1.807, 2.05) is 48.5 Å². The fraction of sp³-hybridized carbons (Fsp3) is 0.278. The van der Waals surface area contributed by atoms with Crippen LogP contribution in [0.25, 0.3) is 0 Å². The predicted octanol–water partition coefficient (Wildman–Crippen LogP) is 2.37. The normalized spacial score (nSPS) is 24.1. The zero-order valence-electron chi connectivity index (χ0n) is 12.3. The van der Waals surface area contributed by atoms with Crippen LogP contribution in [0.4, 0.5) is 0 Å². The zero-order valence-corrected chi connectivity index (χ0v) is 14.1. The first-order chi connectivity index (χ1) is 10.8. The molecular weight excluding hydrogens is 343 g/mol. The van der Waals surface area contributed by atoms with Gasteiger partial charge in [-0.2, -0.15) is 0 Å². The molecule has 4 heteroatoms. The van der Waals surface area contributed by atoms with Crippen molar-refractivity contribution >= 4 is 25.4 Å². The first-order valence-electron chi connectivity index (χ1n) is 7.25. The van der Waals surface area contributed by atoms with Crippen LogP contribution >= 0.6 is 0 Å². The Kier molecular flexibility index (Phi) is 4.93. The number of carbonyl (C=O) groups excluding carboxylic acids is 1. The SMILES string of the molecule is COC(=O)[C@H]1[C@H]([Se]c2ccccc2)CO[C@H]1c1ccccc1. The van der Waals surface area contributed by atoms with E-state index in [-0.39, 0.29) is 37.8 Å². The van der Waals surface area contributed by atoms with Crippen molar-refractivity contribution in [3.63, 3.8) is 0 Å². The molecule has 3 nitrogen and oxygen atoms in total. The fourth-order valence-corrected chi connectivity index (χ4v) is 5.28. The van der Waals surface area contributed by atoms with Crippen molar-refractivity contribution in [1.29, 1.82) is 0 Å². The summed E-state index contributed by atoms with van der Waals surface area (Å²) in [5.41, 5.74) is 1.05. The molecule has 1 heterocycles. The molecule has 0 amide bonds. The second-order valence-corrected chi connectivity index (χ2v) is 7.94.